The van der Waals surface area contributed by atoms with Crippen LogP contribution >= 0.6 is 23.6 Å². The number of hydrogen-bond acceptors (Lipinski definition) is 5. The highest BCUT2D eigenvalue weighted by molar-refractivity contribution is 7.80. The van der Waals surface area contributed by atoms with Crippen LogP contribution in [0.15, 0.2) is 23.7 Å². The molecule has 0 aliphatic carbocycles. The fourth-order valence-electron chi connectivity index (χ4n) is 1.33. The van der Waals surface area contributed by atoms with Crippen molar-refractivity contribution in [2.45, 2.75) is 13.5 Å². The summed E-state index contributed by atoms with van der Waals surface area (Å²) in [5.41, 5.74) is 7.41. The summed E-state index contributed by atoms with van der Waals surface area (Å²) < 4.78 is 0. The molecule has 3 N–H and O–H groups in total. The van der Waals surface area contributed by atoms with E-state index in [4.69, 9.17) is 18.0 Å². The predicted octanol–water partition coefficient (Wildman–Crippen LogP) is 2.09. The molecule has 0 atom stereocenters. The number of nitrogens with zero attached hydrogens (tertiary/aromatic N) is 2. The van der Waals surface area contributed by atoms with Gasteiger partial charge < -0.3 is 11.1 Å². The van der Waals surface area contributed by atoms with Crippen molar-refractivity contribution in [3.05, 3.63) is 40.0 Å². The van der Waals surface area contributed by atoms with Crippen molar-refractivity contribution in [1.82, 2.24) is 9.97 Å². The molecular formula is C11H12N4S2. The Morgan fingerprint density at radius 3 is 3.06 bits per heavy atom. The van der Waals surface area contributed by atoms with E-state index in [1.165, 1.54) is 0 Å². The quantitative estimate of drug-likeness (QED) is 0.828. The lowest BCUT2D eigenvalue weighted by Crippen LogP contribution is -2.10. The predicted molar refractivity (Wildman–Crippen MR) is 74.3 cm³/mol. The Balaban J connectivity index is 2.04. The van der Waals surface area contributed by atoms with Gasteiger partial charge in [-0.05, 0) is 19.1 Å². The molecule has 6 heteroatoms. The van der Waals surface area contributed by atoms with Crippen molar-refractivity contribution < 1.29 is 0 Å². The van der Waals surface area contributed by atoms with E-state index in [1.54, 1.807) is 23.6 Å². The minimum atomic E-state index is 0.376. The maximum absolute atomic E-state index is 5.56. The van der Waals surface area contributed by atoms with Gasteiger partial charge in [0.05, 0.1) is 6.54 Å². The second kappa shape index (κ2) is 5.20. The molecule has 2 rings (SSSR count). The van der Waals surface area contributed by atoms with Crippen LogP contribution in [-0.2, 0) is 6.54 Å². The number of anilines is 1. The number of thiocarbonyl (C=S) groups is 1. The van der Waals surface area contributed by atoms with E-state index >= 15 is 0 Å². The topological polar surface area (TPSA) is 63.8 Å². The van der Waals surface area contributed by atoms with Gasteiger partial charge in [0.25, 0.3) is 0 Å². The van der Waals surface area contributed by atoms with Crippen molar-refractivity contribution in [1.29, 1.82) is 0 Å². The number of pyridine rings is 1. The molecule has 0 amide bonds. The summed E-state index contributed by atoms with van der Waals surface area (Å²) >= 11 is 6.54. The summed E-state index contributed by atoms with van der Waals surface area (Å²) in [5.74, 6) is 0.753. The standard InChI is InChI=1S/C11H12N4S2/c1-7-6-17-10(15-7)5-14-9-4-8(11(12)16)2-3-13-9/h2-4,6H,5H2,1H3,(H2,12,16)(H,13,14). The first-order chi connectivity index (χ1) is 8.15. The van der Waals surface area contributed by atoms with Crippen LogP contribution in [0.25, 0.3) is 0 Å². The van der Waals surface area contributed by atoms with Gasteiger partial charge in [-0.25, -0.2) is 9.97 Å². The molecule has 0 unspecified atom stereocenters. The Labute approximate surface area is 109 Å². The second-order valence-electron chi connectivity index (χ2n) is 3.53. The van der Waals surface area contributed by atoms with Crippen LogP contribution in [-0.4, -0.2) is 15.0 Å². The summed E-state index contributed by atoms with van der Waals surface area (Å²) in [4.78, 5) is 8.93. The molecule has 0 bridgehead atoms. The lowest BCUT2D eigenvalue weighted by molar-refractivity contribution is 1.06. The molecule has 0 aromatic carbocycles. The summed E-state index contributed by atoms with van der Waals surface area (Å²) in [6, 6.07) is 3.63. The van der Waals surface area contributed by atoms with Gasteiger partial charge in [0.1, 0.15) is 15.8 Å². The van der Waals surface area contributed by atoms with Crippen LogP contribution in [0.2, 0.25) is 0 Å². The number of rotatable bonds is 4. The molecule has 2 heterocycles. The molecule has 0 fully saturated rings. The Kier molecular flexibility index (Phi) is 3.65. The summed E-state index contributed by atoms with van der Waals surface area (Å²) in [6.07, 6.45) is 1.68. The van der Waals surface area contributed by atoms with Gasteiger partial charge in [0, 0.05) is 22.8 Å². The van der Waals surface area contributed by atoms with Gasteiger partial charge in [-0.2, -0.15) is 0 Å². The molecule has 4 nitrogen and oxygen atoms in total. The molecule has 0 saturated carbocycles. The minimum absolute atomic E-state index is 0.376. The van der Waals surface area contributed by atoms with E-state index in [0.29, 0.717) is 11.5 Å². The Bertz CT molecular complexity index is 536. The molecule has 17 heavy (non-hydrogen) atoms. The summed E-state index contributed by atoms with van der Waals surface area (Å²) in [5, 5.41) is 6.25. The first-order valence-electron chi connectivity index (χ1n) is 5.06. The molecule has 0 saturated heterocycles. The smallest absolute Gasteiger partial charge is 0.126 e. The van der Waals surface area contributed by atoms with Gasteiger partial charge in [-0.3, -0.25) is 0 Å². The highest BCUT2D eigenvalue weighted by Crippen LogP contribution is 2.12. The first kappa shape index (κ1) is 11.9. The molecule has 0 spiro atoms. The lowest BCUT2D eigenvalue weighted by atomic mass is 10.2. The highest BCUT2D eigenvalue weighted by Gasteiger charge is 2.01. The maximum Gasteiger partial charge on any atom is 0.126 e. The van der Waals surface area contributed by atoms with Crippen LogP contribution in [0.5, 0.6) is 0 Å². The summed E-state index contributed by atoms with van der Waals surface area (Å²) in [7, 11) is 0. The van der Waals surface area contributed by atoms with E-state index in [1.807, 2.05) is 18.4 Å². The van der Waals surface area contributed by atoms with E-state index < -0.39 is 0 Å². The third-order valence-corrected chi connectivity index (χ3v) is 3.33. The Morgan fingerprint density at radius 1 is 1.59 bits per heavy atom. The van der Waals surface area contributed by atoms with Crippen LogP contribution in [0.1, 0.15) is 16.3 Å². The highest BCUT2D eigenvalue weighted by atomic mass is 32.1. The van der Waals surface area contributed by atoms with Crippen LogP contribution < -0.4 is 11.1 Å². The molecule has 2 aromatic heterocycles. The van der Waals surface area contributed by atoms with Gasteiger partial charge in [0.15, 0.2) is 0 Å². The normalized spacial score (nSPS) is 10.2. The van der Waals surface area contributed by atoms with Crippen LogP contribution in [0.3, 0.4) is 0 Å². The molecule has 0 radical (unpaired) electrons. The zero-order valence-corrected chi connectivity index (χ0v) is 10.9. The van der Waals surface area contributed by atoms with Crippen molar-refractivity contribution >= 4 is 34.4 Å². The van der Waals surface area contributed by atoms with Crippen molar-refractivity contribution in [2.75, 3.05) is 5.32 Å². The number of aryl methyl sites for hydroxylation is 1. The zero-order valence-electron chi connectivity index (χ0n) is 9.30. The van der Waals surface area contributed by atoms with E-state index in [0.717, 1.165) is 22.1 Å². The molecule has 0 aliphatic rings. The largest absolute Gasteiger partial charge is 0.389 e. The van der Waals surface area contributed by atoms with Crippen LogP contribution in [0, 0.1) is 6.92 Å². The number of nitrogens with two attached hydrogens (primary N) is 1. The second-order valence-corrected chi connectivity index (χ2v) is 4.91. The third-order valence-electron chi connectivity index (χ3n) is 2.13. The van der Waals surface area contributed by atoms with E-state index in [-0.39, 0.29) is 0 Å². The minimum Gasteiger partial charge on any atom is -0.389 e. The molecular weight excluding hydrogens is 252 g/mol. The van der Waals surface area contributed by atoms with Crippen molar-refractivity contribution in [3.8, 4) is 0 Å². The van der Waals surface area contributed by atoms with E-state index in [9.17, 15) is 0 Å². The molecule has 88 valence electrons. The Morgan fingerprint density at radius 2 is 2.41 bits per heavy atom. The summed E-state index contributed by atoms with van der Waals surface area (Å²) in [6.45, 7) is 2.64. The number of nitrogens with one attached hydrogen (secondary N) is 1. The number of aromatic nitrogens is 2. The first-order valence-corrected chi connectivity index (χ1v) is 6.34. The maximum atomic E-state index is 5.56. The monoisotopic (exact) mass is 264 g/mol. The fraction of sp³-hybridized carbons (Fsp3) is 0.182. The van der Waals surface area contributed by atoms with Gasteiger partial charge in [-0.1, -0.05) is 12.2 Å². The average Bonchev–Trinajstić information content (AvgIpc) is 2.73. The van der Waals surface area contributed by atoms with Gasteiger partial charge in [0.2, 0.25) is 0 Å². The molecule has 2 aromatic rings. The van der Waals surface area contributed by atoms with Crippen LogP contribution in [0.4, 0.5) is 5.82 Å². The molecule has 0 aliphatic heterocycles. The fourth-order valence-corrected chi connectivity index (χ4v) is 2.17. The number of hydrogen-bond donors (Lipinski definition) is 2. The van der Waals surface area contributed by atoms with Crippen molar-refractivity contribution in [3.63, 3.8) is 0 Å². The van der Waals surface area contributed by atoms with Crippen molar-refractivity contribution in [2.24, 2.45) is 5.73 Å². The SMILES string of the molecule is Cc1csc(CNc2cc(C(N)=S)ccn2)n1. The lowest BCUT2D eigenvalue weighted by Gasteiger charge is -2.04. The van der Waals surface area contributed by atoms with Gasteiger partial charge in [-0.15, -0.1) is 11.3 Å². The Hall–Kier alpha value is -1.53. The van der Waals surface area contributed by atoms with E-state index in [2.05, 4.69) is 15.3 Å². The zero-order chi connectivity index (χ0) is 12.3. The van der Waals surface area contributed by atoms with Gasteiger partial charge >= 0.3 is 0 Å². The number of thiazole rings is 1. The third kappa shape index (κ3) is 3.21. The average molecular weight is 264 g/mol.